The maximum Gasteiger partial charge on any atom is 0.314 e. The molecule has 0 bridgehead atoms. The number of carbonyl (C=O) groups is 1. The molecule has 0 spiro atoms. The zero-order chi connectivity index (χ0) is 12.7. The monoisotopic (exact) mass is 251 g/mol. The number of rotatable bonds is 6. The van der Waals surface area contributed by atoms with Gasteiger partial charge >= 0.3 is 6.03 Å². The molecular weight excluding hydrogens is 232 g/mol. The molecule has 0 radical (unpaired) electrons. The predicted octanol–water partition coefficient (Wildman–Crippen LogP) is 0.401. The highest BCUT2D eigenvalue weighted by atomic mass is 19.3. The molecule has 0 saturated carbocycles. The highest BCUT2D eigenvalue weighted by Gasteiger charge is 2.20. The first-order chi connectivity index (χ1) is 8.09. The summed E-state index contributed by atoms with van der Waals surface area (Å²) in [5, 5.41) is 3.21. The second-order valence-electron chi connectivity index (χ2n) is 4.02. The summed E-state index contributed by atoms with van der Waals surface area (Å²) < 4.78 is 28.2. The smallest absolute Gasteiger partial charge is 0.314 e. The minimum atomic E-state index is -2.41. The third-order valence-corrected chi connectivity index (χ3v) is 2.73. The quantitative estimate of drug-likeness (QED) is 0.671. The van der Waals surface area contributed by atoms with Crippen molar-refractivity contribution in [3.05, 3.63) is 0 Å². The number of amides is 2. The number of ether oxygens (including phenoxy) is 1. The molecule has 5 nitrogen and oxygen atoms in total. The molecule has 2 amide bonds. The Balaban J connectivity index is 2.01. The summed E-state index contributed by atoms with van der Waals surface area (Å²) in [5.41, 5.74) is 5.16. The summed E-state index contributed by atoms with van der Waals surface area (Å²) >= 11 is 0. The van der Waals surface area contributed by atoms with E-state index >= 15 is 0 Å². The first-order valence-electron chi connectivity index (χ1n) is 5.73. The van der Waals surface area contributed by atoms with Crippen LogP contribution in [0.2, 0.25) is 0 Å². The van der Waals surface area contributed by atoms with Crippen LogP contribution in [0.25, 0.3) is 0 Å². The van der Waals surface area contributed by atoms with E-state index in [0.29, 0.717) is 25.7 Å². The Kier molecular flexibility index (Phi) is 6.13. The number of nitrogens with zero attached hydrogens (tertiary/aromatic N) is 1. The molecule has 1 aliphatic heterocycles. The minimum Gasteiger partial charge on any atom is -0.374 e. The lowest BCUT2D eigenvalue weighted by atomic mass is 10.1. The van der Waals surface area contributed by atoms with E-state index in [-0.39, 0.29) is 12.6 Å². The second kappa shape index (κ2) is 7.39. The average molecular weight is 251 g/mol. The Morgan fingerprint density at radius 2 is 2.12 bits per heavy atom. The molecular formula is C10H19F2N3O2. The number of urea groups is 1. The largest absolute Gasteiger partial charge is 0.374 e. The fraction of sp³-hybridized carbons (Fsp3) is 0.900. The van der Waals surface area contributed by atoms with Crippen LogP contribution in [0.4, 0.5) is 13.6 Å². The van der Waals surface area contributed by atoms with E-state index in [1.807, 2.05) is 0 Å². The van der Waals surface area contributed by atoms with Crippen molar-refractivity contribution in [2.75, 3.05) is 32.8 Å². The van der Waals surface area contributed by atoms with Gasteiger partial charge in [0, 0.05) is 25.7 Å². The van der Waals surface area contributed by atoms with Gasteiger partial charge < -0.3 is 20.7 Å². The van der Waals surface area contributed by atoms with Gasteiger partial charge in [0.1, 0.15) is 6.61 Å². The zero-order valence-corrected chi connectivity index (χ0v) is 9.70. The van der Waals surface area contributed by atoms with Crippen LogP contribution in [0.15, 0.2) is 0 Å². The third-order valence-electron chi connectivity index (χ3n) is 2.73. The van der Waals surface area contributed by atoms with E-state index in [1.165, 1.54) is 0 Å². The van der Waals surface area contributed by atoms with Crippen molar-refractivity contribution in [3.63, 3.8) is 0 Å². The van der Waals surface area contributed by atoms with Crippen LogP contribution in [0.1, 0.15) is 12.8 Å². The lowest BCUT2D eigenvalue weighted by Gasteiger charge is -2.31. The summed E-state index contributed by atoms with van der Waals surface area (Å²) in [6, 6.07) is -0.0792. The van der Waals surface area contributed by atoms with Gasteiger partial charge in [0.25, 0.3) is 6.43 Å². The number of nitrogens with one attached hydrogen (secondary N) is 1. The molecule has 0 unspecified atom stereocenters. The normalized spacial score (nSPS) is 17.7. The van der Waals surface area contributed by atoms with E-state index in [1.54, 1.807) is 4.90 Å². The molecule has 100 valence electrons. The number of piperidine rings is 1. The highest BCUT2D eigenvalue weighted by Crippen LogP contribution is 2.09. The molecule has 0 aromatic rings. The minimum absolute atomic E-state index is 0.278. The van der Waals surface area contributed by atoms with E-state index in [4.69, 9.17) is 10.5 Å². The van der Waals surface area contributed by atoms with Gasteiger partial charge in [0.15, 0.2) is 0 Å². The van der Waals surface area contributed by atoms with Crippen LogP contribution in [0.3, 0.4) is 0 Å². The predicted molar refractivity (Wildman–Crippen MR) is 59.0 cm³/mol. The molecule has 1 fully saturated rings. The Bertz CT molecular complexity index is 234. The SMILES string of the molecule is NC(=O)N1CCC(NCCOCC(F)F)CC1. The molecule has 1 aliphatic rings. The molecule has 3 N–H and O–H groups in total. The lowest BCUT2D eigenvalue weighted by molar-refractivity contribution is 0.0178. The topological polar surface area (TPSA) is 67.6 Å². The van der Waals surface area contributed by atoms with Gasteiger partial charge in [0.05, 0.1) is 6.61 Å². The molecule has 17 heavy (non-hydrogen) atoms. The lowest BCUT2D eigenvalue weighted by Crippen LogP contribution is -2.47. The first-order valence-corrected chi connectivity index (χ1v) is 5.73. The van der Waals surface area contributed by atoms with Crippen LogP contribution in [0.5, 0.6) is 0 Å². The zero-order valence-electron chi connectivity index (χ0n) is 9.70. The van der Waals surface area contributed by atoms with E-state index in [9.17, 15) is 13.6 Å². The van der Waals surface area contributed by atoms with Gasteiger partial charge in [-0.2, -0.15) is 0 Å². The van der Waals surface area contributed by atoms with Crippen molar-refractivity contribution in [1.29, 1.82) is 0 Å². The van der Waals surface area contributed by atoms with Crippen molar-refractivity contribution in [1.82, 2.24) is 10.2 Å². The van der Waals surface area contributed by atoms with Gasteiger partial charge in [-0.15, -0.1) is 0 Å². The summed E-state index contributed by atoms with van der Waals surface area (Å²) in [6.07, 6.45) is -0.746. The number of nitrogens with two attached hydrogens (primary N) is 1. The first kappa shape index (κ1) is 14.1. The van der Waals surface area contributed by atoms with Crippen molar-refractivity contribution in [2.45, 2.75) is 25.3 Å². The Labute approximate surface area is 99.3 Å². The molecule has 1 rings (SSSR count). The number of halogens is 2. The summed E-state index contributed by atoms with van der Waals surface area (Å²) in [7, 11) is 0. The molecule has 1 saturated heterocycles. The van der Waals surface area contributed by atoms with Crippen molar-refractivity contribution >= 4 is 6.03 Å². The van der Waals surface area contributed by atoms with E-state index in [2.05, 4.69) is 5.32 Å². The highest BCUT2D eigenvalue weighted by molar-refractivity contribution is 5.72. The number of alkyl halides is 2. The Morgan fingerprint density at radius 3 is 2.65 bits per heavy atom. The number of carbonyl (C=O) groups excluding carboxylic acids is 1. The van der Waals surface area contributed by atoms with Gasteiger partial charge in [-0.1, -0.05) is 0 Å². The van der Waals surface area contributed by atoms with Gasteiger partial charge in [-0.25, -0.2) is 13.6 Å². The molecule has 0 aromatic heterocycles. The fourth-order valence-corrected chi connectivity index (χ4v) is 1.81. The second-order valence-corrected chi connectivity index (χ2v) is 4.02. The van der Waals surface area contributed by atoms with Crippen molar-refractivity contribution in [3.8, 4) is 0 Å². The number of hydrogen-bond acceptors (Lipinski definition) is 3. The van der Waals surface area contributed by atoms with Crippen LogP contribution < -0.4 is 11.1 Å². The molecule has 1 heterocycles. The summed E-state index contributed by atoms with van der Waals surface area (Å²) in [5.74, 6) is 0. The standard InChI is InChI=1S/C10H19F2N3O2/c11-9(12)7-17-6-3-14-8-1-4-15(5-2-8)10(13)16/h8-9,14H,1-7H2,(H2,13,16). The van der Waals surface area contributed by atoms with Gasteiger partial charge in [-0.05, 0) is 12.8 Å². The van der Waals surface area contributed by atoms with Crippen LogP contribution >= 0.6 is 0 Å². The molecule has 0 atom stereocenters. The van der Waals surface area contributed by atoms with Gasteiger partial charge in [0.2, 0.25) is 0 Å². The molecule has 7 heteroatoms. The number of primary amides is 1. The average Bonchev–Trinajstić information content (AvgIpc) is 2.29. The van der Waals surface area contributed by atoms with Crippen molar-refractivity contribution < 1.29 is 18.3 Å². The van der Waals surface area contributed by atoms with Crippen LogP contribution in [0, 0.1) is 0 Å². The third kappa shape index (κ3) is 5.78. The van der Waals surface area contributed by atoms with E-state index < -0.39 is 13.0 Å². The Hall–Kier alpha value is -0.950. The maximum atomic E-state index is 11.7. The number of hydrogen-bond donors (Lipinski definition) is 2. The molecule has 0 aromatic carbocycles. The maximum absolute atomic E-state index is 11.7. The fourth-order valence-electron chi connectivity index (χ4n) is 1.81. The summed E-state index contributed by atoms with van der Waals surface area (Å²) in [6.45, 7) is 1.60. The van der Waals surface area contributed by atoms with Crippen LogP contribution in [-0.2, 0) is 4.74 Å². The number of likely N-dealkylation sites (tertiary alicyclic amines) is 1. The van der Waals surface area contributed by atoms with E-state index in [0.717, 1.165) is 12.8 Å². The molecule has 0 aliphatic carbocycles. The summed E-state index contributed by atoms with van der Waals surface area (Å²) in [4.78, 5) is 12.5. The van der Waals surface area contributed by atoms with Gasteiger partial charge in [-0.3, -0.25) is 0 Å². The van der Waals surface area contributed by atoms with Crippen molar-refractivity contribution in [2.24, 2.45) is 5.73 Å². The van der Waals surface area contributed by atoms with Crippen LogP contribution in [-0.4, -0.2) is 56.2 Å². The Morgan fingerprint density at radius 1 is 1.47 bits per heavy atom.